The number of esters is 1. The fourth-order valence-corrected chi connectivity index (χ4v) is 2.01. The van der Waals surface area contributed by atoms with E-state index >= 15 is 0 Å². The highest BCUT2D eigenvalue weighted by molar-refractivity contribution is 6.35. The van der Waals surface area contributed by atoms with Gasteiger partial charge in [-0.3, -0.25) is 0 Å². The number of para-hydroxylation sites is 1. The number of rotatable bonds is 4. The zero-order valence-corrected chi connectivity index (χ0v) is 11.5. The summed E-state index contributed by atoms with van der Waals surface area (Å²) in [6, 6.07) is 8.89. The molecular formula is C14H14ClNO3. The minimum Gasteiger partial charge on any atom is -0.455 e. The third kappa shape index (κ3) is 3.22. The van der Waals surface area contributed by atoms with Gasteiger partial charge >= 0.3 is 5.97 Å². The standard InChI is InChI=1S/C14H14ClNO3/c1-9(8-18-2)19-14(17)13-7-11(15)10-5-3-4-6-12(10)16-13/h3-7,9H,8H2,1-2H3. The summed E-state index contributed by atoms with van der Waals surface area (Å²) in [4.78, 5) is 16.2. The molecule has 5 heteroatoms. The van der Waals surface area contributed by atoms with E-state index in [9.17, 15) is 4.79 Å². The number of benzene rings is 1. The van der Waals surface area contributed by atoms with Crippen molar-refractivity contribution < 1.29 is 14.3 Å². The van der Waals surface area contributed by atoms with Crippen molar-refractivity contribution in [3.05, 3.63) is 41.0 Å². The van der Waals surface area contributed by atoms with Gasteiger partial charge in [-0.05, 0) is 19.1 Å². The highest BCUT2D eigenvalue weighted by atomic mass is 35.5. The molecule has 1 atom stereocenters. The Morgan fingerprint density at radius 2 is 2.16 bits per heavy atom. The first-order chi connectivity index (χ1) is 9.11. The van der Waals surface area contributed by atoms with Crippen molar-refractivity contribution in [2.75, 3.05) is 13.7 Å². The van der Waals surface area contributed by atoms with E-state index in [0.29, 0.717) is 17.1 Å². The van der Waals surface area contributed by atoms with Gasteiger partial charge in [-0.25, -0.2) is 9.78 Å². The normalized spacial score (nSPS) is 12.4. The summed E-state index contributed by atoms with van der Waals surface area (Å²) in [6.45, 7) is 2.09. The van der Waals surface area contributed by atoms with Gasteiger partial charge in [0.25, 0.3) is 0 Å². The first-order valence-corrected chi connectivity index (χ1v) is 6.25. The van der Waals surface area contributed by atoms with Crippen molar-refractivity contribution in [1.82, 2.24) is 4.98 Å². The predicted octanol–water partition coefficient (Wildman–Crippen LogP) is 3.08. The van der Waals surface area contributed by atoms with E-state index in [1.54, 1.807) is 20.1 Å². The molecule has 0 aliphatic rings. The molecule has 0 aliphatic carbocycles. The molecule has 2 rings (SSSR count). The van der Waals surface area contributed by atoms with E-state index in [-0.39, 0.29) is 11.8 Å². The highest BCUT2D eigenvalue weighted by Crippen LogP contribution is 2.23. The Kier molecular flexibility index (Phi) is 4.35. The lowest BCUT2D eigenvalue weighted by atomic mass is 10.2. The van der Waals surface area contributed by atoms with Crippen molar-refractivity contribution in [2.45, 2.75) is 13.0 Å². The molecule has 0 spiro atoms. The molecule has 1 aromatic heterocycles. The quantitative estimate of drug-likeness (QED) is 0.807. The molecule has 2 aromatic rings. The topological polar surface area (TPSA) is 48.4 Å². The van der Waals surface area contributed by atoms with E-state index in [2.05, 4.69) is 4.98 Å². The fraction of sp³-hybridized carbons (Fsp3) is 0.286. The van der Waals surface area contributed by atoms with E-state index in [4.69, 9.17) is 21.1 Å². The van der Waals surface area contributed by atoms with Gasteiger partial charge in [0.1, 0.15) is 6.10 Å². The van der Waals surface area contributed by atoms with Crippen LogP contribution < -0.4 is 0 Å². The Hall–Kier alpha value is -1.65. The van der Waals surface area contributed by atoms with Crippen LogP contribution in [0.5, 0.6) is 0 Å². The third-order valence-corrected chi connectivity index (χ3v) is 2.90. The fourth-order valence-electron chi connectivity index (χ4n) is 1.75. The summed E-state index contributed by atoms with van der Waals surface area (Å²) in [5.74, 6) is -0.503. The smallest absolute Gasteiger partial charge is 0.357 e. The molecule has 0 bridgehead atoms. The van der Waals surface area contributed by atoms with E-state index in [1.165, 1.54) is 6.07 Å². The van der Waals surface area contributed by atoms with Crippen LogP contribution in [0.25, 0.3) is 10.9 Å². The number of aromatic nitrogens is 1. The maximum Gasteiger partial charge on any atom is 0.357 e. The number of ether oxygens (including phenoxy) is 2. The van der Waals surface area contributed by atoms with Crippen molar-refractivity contribution in [2.24, 2.45) is 0 Å². The number of carbonyl (C=O) groups excluding carboxylic acids is 1. The van der Waals surface area contributed by atoms with Crippen molar-refractivity contribution in [3.63, 3.8) is 0 Å². The lowest BCUT2D eigenvalue weighted by Crippen LogP contribution is -2.20. The Bertz CT molecular complexity index is 600. The van der Waals surface area contributed by atoms with Crippen LogP contribution in [0, 0.1) is 0 Å². The maximum absolute atomic E-state index is 11.9. The number of pyridine rings is 1. The first kappa shape index (κ1) is 13.8. The van der Waals surface area contributed by atoms with E-state index < -0.39 is 5.97 Å². The van der Waals surface area contributed by atoms with Crippen LogP contribution in [-0.2, 0) is 9.47 Å². The second-order valence-electron chi connectivity index (χ2n) is 4.18. The van der Waals surface area contributed by atoms with Gasteiger partial charge in [0.05, 0.1) is 17.1 Å². The number of nitrogens with zero attached hydrogens (tertiary/aromatic N) is 1. The second kappa shape index (κ2) is 5.99. The molecule has 0 saturated carbocycles. The molecule has 1 unspecified atom stereocenters. The summed E-state index contributed by atoms with van der Waals surface area (Å²) in [5, 5.41) is 1.29. The minimum atomic E-state index is -0.503. The molecule has 100 valence electrons. The number of fused-ring (bicyclic) bond motifs is 1. The van der Waals surface area contributed by atoms with Gasteiger partial charge in [0.2, 0.25) is 0 Å². The van der Waals surface area contributed by atoms with Gasteiger partial charge in [0.15, 0.2) is 5.69 Å². The zero-order valence-electron chi connectivity index (χ0n) is 10.7. The molecule has 0 amide bonds. The van der Waals surface area contributed by atoms with Crippen LogP contribution in [0.2, 0.25) is 5.02 Å². The number of hydrogen-bond donors (Lipinski definition) is 0. The van der Waals surface area contributed by atoms with Crippen LogP contribution in [-0.4, -0.2) is 30.8 Å². The molecule has 19 heavy (non-hydrogen) atoms. The number of methoxy groups -OCH3 is 1. The van der Waals surface area contributed by atoms with Crippen LogP contribution in [0.1, 0.15) is 17.4 Å². The Morgan fingerprint density at radius 3 is 2.89 bits per heavy atom. The maximum atomic E-state index is 11.9. The first-order valence-electron chi connectivity index (χ1n) is 5.87. The largest absolute Gasteiger partial charge is 0.455 e. The predicted molar refractivity (Wildman–Crippen MR) is 73.5 cm³/mol. The molecule has 0 N–H and O–H groups in total. The van der Waals surface area contributed by atoms with Crippen LogP contribution in [0.4, 0.5) is 0 Å². The van der Waals surface area contributed by atoms with E-state index in [0.717, 1.165) is 5.39 Å². The summed E-state index contributed by atoms with van der Waals surface area (Å²) in [6.07, 6.45) is -0.329. The lowest BCUT2D eigenvalue weighted by Gasteiger charge is -2.12. The van der Waals surface area contributed by atoms with Gasteiger partial charge in [-0.2, -0.15) is 0 Å². The lowest BCUT2D eigenvalue weighted by molar-refractivity contribution is 0.0115. The average molecular weight is 280 g/mol. The Morgan fingerprint density at radius 1 is 1.42 bits per heavy atom. The third-order valence-electron chi connectivity index (χ3n) is 2.58. The SMILES string of the molecule is COCC(C)OC(=O)c1cc(Cl)c2ccccc2n1. The summed E-state index contributed by atoms with van der Waals surface area (Å²) >= 11 is 6.13. The molecular weight excluding hydrogens is 266 g/mol. The molecule has 0 radical (unpaired) electrons. The van der Waals surface area contributed by atoms with Crippen LogP contribution in [0.15, 0.2) is 30.3 Å². The average Bonchev–Trinajstić information content (AvgIpc) is 2.39. The second-order valence-corrected chi connectivity index (χ2v) is 4.58. The summed E-state index contributed by atoms with van der Waals surface area (Å²) < 4.78 is 10.1. The van der Waals surface area contributed by atoms with E-state index in [1.807, 2.05) is 18.2 Å². The van der Waals surface area contributed by atoms with Crippen LogP contribution in [0.3, 0.4) is 0 Å². The van der Waals surface area contributed by atoms with Crippen molar-refractivity contribution in [3.8, 4) is 0 Å². The van der Waals surface area contributed by atoms with Gasteiger partial charge in [0, 0.05) is 12.5 Å². The molecule has 0 saturated heterocycles. The molecule has 0 fully saturated rings. The number of hydrogen-bond acceptors (Lipinski definition) is 4. The summed E-state index contributed by atoms with van der Waals surface area (Å²) in [5.41, 5.74) is 0.869. The zero-order chi connectivity index (χ0) is 13.8. The van der Waals surface area contributed by atoms with Crippen LogP contribution >= 0.6 is 11.6 Å². The monoisotopic (exact) mass is 279 g/mol. The Labute approximate surface area is 116 Å². The molecule has 1 heterocycles. The molecule has 1 aromatic carbocycles. The van der Waals surface area contributed by atoms with Crippen molar-refractivity contribution in [1.29, 1.82) is 0 Å². The minimum absolute atomic E-state index is 0.201. The Balaban J connectivity index is 2.28. The summed E-state index contributed by atoms with van der Waals surface area (Å²) in [7, 11) is 1.55. The van der Waals surface area contributed by atoms with Gasteiger partial charge in [-0.15, -0.1) is 0 Å². The van der Waals surface area contributed by atoms with Gasteiger partial charge in [-0.1, -0.05) is 29.8 Å². The molecule has 0 aliphatic heterocycles. The molecule has 4 nitrogen and oxygen atoms in total. The number of halogens is 1. The van der Waals surface area contributed by atoms with Crippen molar-refractivity contribution >= 4 is 28.5 Å². The van der Waals surface area contributed by atoms with Gasteiger partial charge < -0.3 is 9.47 Å². The highest BCUT2D eigenvalue weighted by Gasteiger charge is 2.15. The number of carbonyl (C=O) groups is 1.